The molecular weight excluding hydrogens is 262 g/mol. The Kier molecular flexibility index (Phi) is 4.57. The highest BCUT2D eigenvalue weighted by Gasteiger charge is 2.07. The van der Waals surface area contributed by atoms with Crippen LogP contribution in [-0.4, -0.2) is 27.3 Å². The van der Waals surface area contributed by atoms with E-state index in [1.165, 1.54) is 0 Å². The largest absolute Gasteiger partial charge is 0.462 e. The monoisotopic (exact) mass is 277 g/mol. The molecule has 2 heterocycles. The van der Waals surface area contributed by atoms with Gasteiger partial charge in [-0.15, -0.1) is 11.8 Å². The summed E-state index contributed by atoms with van der Waals surface area (Å²) in [5.74, 6) is 0.459. The molecule has 5 nitrogen and oxygen atoms in total. The summed E-state index contributed by atoms with van der Waals surface area (Å²) in [7, 11) is 1.91. The number of hydrogen-bond donors (Lipinski definition) is 0. The van der Waals surface area contributed by atoms with Crippen LogP contribution in [0.2, 0.25) is 0 Å². The quantitative estimate of drug-likeness (QED) is 0.620. The van der Waals surface area contributed by atoms with Crippen LogP contribution in [0.15, 0.2) is 35.6 Å². The van der Waals surface area contributed by atoms with Gasteiger partial charge in [0.25, 0.3) is 0 Å². The number of hydrogen-bond acceptors (Lipinski definition) is 5. The van der Waals surface area contributed by atoms with Gasteiger partial charge in [0, 0.05) is 30.9 Å². The van der Waals surface area contributed by atoms with E-state index in [1.54, 1.807) is 37.1 Å². The SMILES string of the molecule is CCOC(=O)c1ccc(SCc2ccnn2C)nc1. The van der Waals surface area contributed by atoms with Crippen molar-refractivity contribution < 1.29 is 9.53 Å². The molecule has 0 aromatic carbocycles. The maximum atomic E-state index is 11.5. The van der Waals surface area contributed by atoms with Gasteiger partial charge in [-0.2, -0.15) is 5.10 Å². The average molecular weight is 277 g/mol. The Balaban J connectivity index is 1.95. The van der Waals surface area contributed by atoms with Gasteiger partial charge in [-0.3, -0.25) is 4.68 Å². The lowest BCUT2D eigenvalue weighted by Gasteiger charge is -2.04. The summed E-state index contributed by atoms with van der Waals surface area (Å²) in [6.45, 7) is 2.15. The van der Waals surface area contributed by atoms with Gasteiger partial charge < -0.3 is 4.74 Å². The number of thioether (sulfide) groups is 1. The molecule has 0 atom stereocenters. The highest BCUT2D eigenvalue weighted by molar-refractivity contribution is 7.98. The molecule has 0 radical (unpaired) electrons. The maximum Gasteiger partial charge on any atom is 0.339 e. The normalized spacial score (nSPS) is 10.4. The molecule has 0 bridgehead atoms. The summed E-state index contributed by atoms with van der Waals surface area (Å²) in [6.07, 6.45) is 3.32. The van der Waals surface area contributed by atoms with Crippen LogP contribution in [0.3, 0.4) is 0 Å². The summed E-state index contributed by atoms with van der Waals surface area (Å²) in [6, 6.07) is 5.53. The van der Waals surface area contributed by atoms with Gasteiger partial charge in [-0.1, -0.05) is 0 Å². The van der Waals surface area contributed by atoms with Crippen molar-refractivity contribution in [3.8, 4) is 0 Å². The lowest BCUT2D eigenvalue weighted by Crippen LogP contribution is -2.04. The van der Waals surface area contributed by atoms with Crippen molar-refractivity contribution in [3.63, 3.8) is 0 Å². The minimum atomic E-state index is -0.335. The van der Waals surface area contributed by atoms with Crippen molar-refractivity contribution in [3.05, 3.63) is 41.9 Å². The molecule has 0 spiro atoms. The van der Waals surface area contributed by atoms with Gasteiger partial charge in [0.2, 0.25) is 0 Å². The van der Waals surface area contributed by atoms with E-state index in [2.05, 4.69) is 10.1 Å². The van der Waals surface area contributed by atoms with E-state index >= 15 is 0 Å². The number of carbonyl (C=O) groups excluding carboxylic acids is 1. The van der Waals surface area contributed by atoms with Crippen LogP contribution in [0.5, 0.6) is 0 Å². The fraction of sp³-hybridized carbons (Fsp3) is 0.308. The predicted octanol–water partition coefficient (Wildman–Crippen LogP) is 2.28. The molecule has 19 heavy (non-hydrogen) atoms. The fourth-order valence-electron chi connectivity index (χ4n) is 1.49. The Bertz CT molecular complexity index is 551. The van der Waals surface area contributed by atoms with Crippen LogP contribution in [-0.2, 0) is 17.5 Å². The minimum absolute atomic E-state index is 0.335. The molecule has 0 N–H and O–H groups in total. The number of pyridine rings is 1. The summed E-state index contributed by atoms with van der Waals surface area (Å²) in [5, 5.41) is 4.98. The molecule has 2 aromatic rings. The zero-order valence-corrected chi connectivity index (χ0v) is 11.7. The van der Waals surface area contributed by atoms with E-state index in [9.17, 15) is 4.79 Å². The van der Waals surface area contributed by atoms with Crippen LogP contribution in [0, 0.1) is 0 Å². The first kappa shape index (κ1) is 13.6. The van der Waals surface area contributed by atoms with E-state index < -0.39 is 0 Å². The second-order valence-electron chi connectivity index (χ2n) is 3.84. The molecule has 2 aromatic heterocycles. The van der Waals surface area contributed by atoms with Crippen molar-refractivity contribution >= 4 is 17.7 Å². The number of rotatable bonds is 5. The molecule has 100 valence electrons. The molecule has 0 aliphatic rings. The summed E-state index contributed by atoms with van der Waals surface area (Å²) >= 11 is 1.60. The Hall–Kier alpha value is -1.82. The minimum Gasteiger partial charge on any atom is -0.462 e. The van der Waals surface area contributed by atoms with E-state index in [1.807, 2.05) is 23.9 Å². The number of carbonyl (C=O) groups is 1. The molecule has 0 saturated carbocycles. The Morgan fingerprint density at radius 3 is 2.84 bits per heavy atom. The second-order valence-corrected chi connectivity index (χ2v) is 4.84. The lowest BCUT2D eigenvalue weighted by molar-refractivity contribution is 0.0525. The van der Waals surface area contributed by atoms with E-state index in [0.29, 0.717) is 12.2 Å². The van der Waals surface area contributed by atoms with Gasteiger partial charge in [0.1, 0.15) is 0 Å². The predicted molar refractivity (Wildman–Crippen MR) is 73.0 cm³/mol. The van der Waals surface area contributed by atoms with Crippen molar-refractivity contribution in [1.82, 2.24) is 14.8 Å². The molecule has 0 saturated heterocycles. The van der Waals surface area contributed by atoms with Crippen molar-refractivity contribution in [2.75, 3.05) is 6.61 Å². The number of ether oxygens (including phenoxy) is 1. The first-order valence-electron chi connectivity index (χ1n) is 5.93. The van der Waals surface area contributed by atoms with Crippen LogP contribution in [0.4, 0.5) is 0 Å². The summed E-state index contributed by atoms with van der Waals surface area (Å²) in [4.78, 5) is 15.7. The third-order valence-corrected chi connectivity index (χ3v) is 3.52. The summed E-state index contributed by atoms with van der Waals surface area (Å²) in [5.41, 5.74) is 1.60. The number of aryl methyl sites for hydroxylation is 1. The highest BCUT2D eigenvalue weighted by Crippen LogP contribution is 2.20. The van der Waals surface area contributed by atoms with Gasteiger partial charge in [0.15, 0.2) is 0 Å². The first-order valence-corrected chi connectivity index (χ1v) is 6.92. The Labute approximate surface area is 116 Å². The van der Waals surface area contributed by atoms with E-state index in [-0.39, 0.29) is 5.97 Å². The van der Waals surface area contributed by atoms with Crippen molar-refractivity contribution in [1.29, 1.82) is 0 Å². The standard InChI is InChI=1S/C13H15N3O2S/c1-3-18-13(17)10-4-5-12(14-8-10)19-9-11-6-7-15-16(11)2/h4-8H,3,9H2,1-2H3. The maximum absolute atomic E-state index is 11.5. The first-order chi connectivity index (χ1) is 9.20. The molecule has 0 aliphatic heterocycles. The van der Waals surface area contributed by atoms with Gasteiger partial charge in [-0.05, 0) is 25.1 Å². The molecule has 0 aliphatic carbocycles. The molecular formula is C13H15N3O2S. The van der Waals surface area contributed by atoms with Gasteiger partial charge in [-0.25, -0.2) is 9.78 Å². The summed E-state index contributed by atoms with van der Waals surface area (Å²) < 4.78 is 6.74. The van der Waals surface area contributed by atoms with Crippen LogP contribution in [0.25, 0.3) is 0 Å². The zero-order valence-electron chi connectivity index (χ0n) is 10.9. The number of nitrogens with zero attached hydrogens (tertiary/aromatic N) is 3. The van der Waals surface area contributed by atoms with E-state index in [0.717, 1.165) is 16.5 Å². The van der Waals surface area contributed by atoms with Crippen molar-refractivity contribution in [2.24, 2.45) is 7.05 Å². The third-order valence-electron chi connectivity index (χ3n) is 2.54. The molecule has 6 heteroatoms. The third kappa shape index (κ3) is 3.57. The number of esters is 1. The average Bonchev–Trinajstić information content (AvgIpc) is 2.83. The van der Waals surface area contributed by atoms with Gasteiger partial charge >= 0.3 is 5.97 Å². The molecule has 0 amide bonds. The van der Waals surface area contributed by atoms with Gasteiger partial charge in [0.05, 0.1) is 17.2 Å². The Morgan fingerprint density at radius 1 is 1.42 bits per heavy atom. The molecule has 0 unspecified atom stereocenters. The smallest absolute Gasteiger partial charge is 0.339 e. The zero-order chi connectivity index (χ0) is 13.7. The Morgan fingerprint density at radius 2 is 2.26 bits per heavy atom. The molecule has 2 rings (SSSR count). The number of aromatic nitrogens is 3. The van der Waals surface area contributed by atoms with Crippen LogP contribution in [0.1, 0.15) is 23.0 Å². The highest BCUT2D eigenvalue weighted by atomic mass is 32.2. The van der Waals surface area contributed by atoms with Crippen LogP contribution < -0.4 is 0 Å². The second kappa shape index (κ2) is 6.38. The molecule has 0 fully saturated rings. The topological polar surface area (TPSA) is 57.0 Å². The lowest BCUT2D eigenvalue weighted by atomic mass is 10.3. The fourth-order valence-corrected chi connectivity index (χ4v) is 2.36. The van der Waals surface area contributed by atoms with E-state index in [4.69, 9.17) is 4.74 Å². The van der Waals surface area contributed by atoms with Crippen LogP contribution >= 0.6 is 11.8 Å². The van der Waals surface area contributed by atoms with Crippen molar-refractivity contribution in [2.45, 2.75) is 17.7 Å².